The van der Waals surface area contributed by atoms with Gasteiger partial charge in [-0.15, -0.1) is 0 Å². The summed E-state index contributed by atoms with van der Waals surface area (Å²) in [6, 6.07) is 10.3. The molecule has 1 aromatic carbocycles. The van der Waals surface area contributed by atoms with Crippen molar-refractivity contribution in [1.29, 1.82) is 0 Å². The minimum absolute atomic E-state index is 0.851. The predicted octanol–water partition coefficient (Wildman–Crippen LogP) is 1.89. The Morgan fingerprint density at radius 3 is 2.60 bits per heavy atom. The maximum Gasteiger partial charge on any atom is 0.197 e. The molecular weight excluding hydrogens is 144 g/mol. The highest BCUT2D eigenvalue weighted by atomic mass is 32.2. The molecule has 2 heteroatoms. The fraction of sp³-hybridized carbons (Fsp3) is 0.250. The molecule has 0 aliphatic carbocycles. The minimum Gasteiger partial charge on any atom is -0.428 e. The molecule has 1 rings (SSSR count). The maximum atomic E-state index is 3.99. The van der Waals surface area contributed by atoms with Gasteiger partial charge in [0.05, 0.1) is 0 Å². The van der Waals surface area contributed by atoms with Crippen LogP contribution in [-0.2, 0) is 0 Å². The molecular formula is C8H11OS+. The molecule has 0 aliphatic heterocycles. The second kappa shape index (κ2) is 4.36. The Bertz CT molecular complexity index is 174. The monoisotopic (exact) mass is 155 g/mol. The molecule has 0 spiro atoms. The number of thioether (sulfide) groups is 1. The van der Waals surface area contributed by atoms with E-state index in [0.717, 1.165) is 5.94 Å². The molecule has 0 fully saturated rings. The zero-order chi connectivity index (χ0) is 7.23. The normalized spacial score (nSPS) is 9.70. The fourth-order valence-electron chi connectivity index (χ4n) is 0.656. The van der Waals surface area contributed by atoms with Crippen molar-refractivity contribution in [3.8, 4) is 0 Å². The molecule has 1 nitrogen and oxygen atoms in total. The average molecular weight is 155 g/mol. The van der Waals surface area contributed by atoms with Gasteiger partial charge in [0.1, 0.15) is 7.11 Å². The smallest absolute Gasteiger partial charge is 0.197 e. The van der Waals surface area contributed by atoms with Gasteiger partial charge >= 0.3 is 0 Å². The zero-order valence-corrected chi connectivity index (χ0v) is 6.77. The molecule has 0 saturated heterocycles. The van der Waals surface area contributed by atoms with E-state index in [9.17, 15) is 0 Å². The number of rotatable bonds is 3. The molecule has 10 heavy (non-hydrogen) atoms. The summed E-state index contributed by atoms with van der Waals surface area (Å²) in [5, 5.41) is 0. The second-order valence-electron chi connectivity index (χ2n) is 1.90. The van der Waals surface area contributed by atoms with Crippen LogP contribution in [0.15, 0.2) is 35.2 Å². The summed E-state index contributed by atoms with van der Waals surface area (Å²) in [4.78, 5) is 1.29. The summed E-state index contributed by atoms with van der Waals surface area (Å²) < 4.78 is 3.99. The van der Waals surface area contributed by atoms with Crippen LogP contribution in [0.2, 0.25) is 0 Å². The molecule has 0 aromatic heterocycles. The van der Waals surface area contributed by atoms with Gasteiger partial charge in [0.15, 0.2) is 5.94 Å². The third kappa shape index (κ3) is 2.42. The van der Waals surface area contributed by atoms with Crippen LogP contribution in [0.25, 0.3) is 0 Å². The van der Waals surface area contributed by atoms with Crippen LogP contribution in [0.1, 0.15) is 0 Å². The van der Waals surface area contributed by atoms with Crippen LogP contribution in [0.3, 0.4) is 0 Å². The molecule has 1 N–H and O–H groups in total. The number of hydrogen-bond donors (Lipinski definition) is 0. The summed E-state index contributed by atoms with van der Waals surface area (Å²) in [7, 11) is 1.83. The van der Waals surface area contributed by atoms with Gasteiger partial charge in [-0.25, -0.2) is 0 Å². The Kier molecular flexibility index (Phi) is 3.33. The number of hydrogen-bond acceptors (Lipinski definition) is 1. The van der Waals surface area contributed by atoms with Crippen molar-refractivity contribution in [1.82, 2.24) is 0 Å². The highest BCUT2D eigenvalue weighted by Gasteiger charge is 1.90. The fourth-order valence-corrected chi connectivity index (χ4v) is 1.28. The second-order valence-corrected chi connectivity index (χ2v) is 2.92. The van der Waals surface area contributed by atoms with Crippen LogP contribution < -0.4 is 0 Å². The summed E-state index contributed by atoms with van der Waals surface area (Å²) in [5.74, 6) is 0.851. The van der Waals surface area contributed by atoms with Gasteiger partial charge in [0, 0.05) is 4.90 Å². The standard InChI is InChI=1S/C8H10OS/c1-9-7-10-8-5-3-2-4-6-8/h2-6H,7H2,1H3/p+1. The number of aliphatic hydroxyl groups is 2. The lowest BCUT2D eigenvalue weighted by Gasteiger charge is -1.94. The Labute approximate surface area is 65.4 Å². The van der Waals surface area contributed by atoms with Crippen LogP contribution in [0.5, 0.6) is 0 Å². The van der Waals surface area contributed by atoms with E-state index in [1.807, 2.05) is 25.3 Å². The van der Waals surface area contributed by atoms with Gasteiger partial charge in [0.2, 0.25) is 0 Å². The molecule has 0 unspecified atom stereocenters. The van der Waals surface area contributed by atoms with Crippen molar-refractivity contribution in [2.24, 2.45) is 0 Å². The Balaban J connectivity index is 2.43. The highest BCUT2D eigenvalue weighted by Crippen LogP contribution is 2.15. The lowest BCUT2D eigenvalue weighted by molar-refractivity contribution is 0.0607. The summed E-state index contributed by atoms with van der Waals surface area (Å²) in [6.45, 7) is 0. The van der Waals surface area contributed by atoms with Crippen molar-refractivity contribution >= 4 is 11.8 Å². The largest absolute Gasteiger partial charge is 0.428 e. The lowest BCUT2D eigenvalue weighted by atomic mass is 10.4. The van der Waals surface area contributed by atoms with Gasteiger partial charge in [0.25, 0.3) is 0 Å². The van der Waals surface area contributed by atoms with Gasteiger partial charge in [-0.1, -0.05) is 18.2 Å². The first-order chi connectivity index (χ1) is 4.93. The van der Waals surface area contributed by atoms with Crippen molar-refractivity contribution in [2.75, 3.05) is 13.0 Å². The van der Waals surface area contributed by atoms with E-state index in [1.165, 1.54) is 4.90 Å². The van der Waals surface area contributed by atoms with Crippen LogP contribution in [0, 0.1) is 0 Å². The van der Waals surface area contributed by atoms with Crippen molar-refractivity contribution in [3.05, 3.63) is 30.3 Å². The molecule has 0 atom stereocenters. The first-order valence-corrected chi connectivity index (χ1v) is 4.15. The number of benzene rings is 1. The summed E-state index contributed by atoms with van der Waals surface area (Å²) in [5.41, 5.74) is 0. The average Bonchev–Trinajstić information content (AvgIpc) is 2.03. The molecule has 0 aliphatic rings. The van der Waals surface area contributed by atoms with Crippen molar-refractivity contribution in [2.45, 2.75) is 4.90 Å². The van der Waals surface area contributed by atoms with E-state index in [-0.39, 0.29) is 0 Å². The van der Waals surface area contributed by atoms with Gasteiger partial charge in [-0.3, -0.25) is 0 Å². The van der Waals surface area contributed by atoms with Crippen LogP contribution >= 0.6 is 11.8 Å². The topological polar surface area (TPSA) is 12.8 Å². The van der Waals surface area contributed by atoms with Crippen LogP contribution in [0.4, 0.5) is 0 Å². The molecule has 0 radical (unpaired) electrons. The molecule has 0 heterocycles. The van der Waals surface area contributed by atoms with E-state index in [2.05, 4.69) is 16.9 Å². The van der Waals surface area contributed by atoms with Crippen LogP contribution in [-0.4, -0.2) is 17.8 Å². The van der Waals surface area contributed by atoms with E-state index in [4.69, 9.17) is 0 Å². The molecule has 1 aromatic rings. The van der Waals surface area contributed by atoms with Crippen molar-refractivity contribution in [3.63, 3.8) is 0 Å². The number of ether oxygens (including phenoxy) is 1. The lowest BCUT2D eigenvalue weighted by Crippen LogP contribution is -1.85. The molecule has 0 bridgehead atoms. The van der Waals surface area contributed by atoms with E-state index >= 15 is 0 Å². The van der Waals surface area contributed by atoms with E-state index in [0.29, 0.717) is 0 Å². The minimum atomic E-state index is 0.851. The Morgan fingerprint density at radius 1 is 1.30 bits per heavy atom. The Morgan fingerprint density at radius 2 is 2.00 bits per heavy atom. The van der Waals surface area contributed by atoms with Gasteiger partial charge in [-0.2, -0.15) is 0 Å². The molecule has 0 saturated carbocycles. The first kappa shape index (κ1) is 7.63. The van der Waals surface area contributed by atoms with Gasteiger partial charge in [-0.05, 0) is 23.9 Å². The third-order valence-corrected chi connectivity index (χ3v) is 2.10. The first-order valence-electron chi connectivity index (χ1n) is 3.17. The quantitative estimate of drug-likeness (QED) is 0.369. The Hall–Kier alpha value is -0.470. The third-order valence-electron chi connectivity index (χ3n) is 1.10. The SMILES string of the molecule is C[OH+]CSc1ccccc1. The summed E-state index contributed by atoms with van der Waals surface area (Å²) >= 11 is 1.75. The zero-order valence-electron chi connectivity index (χ0n) is 5.95. The van der Waals surface area contributed by atoms with E-state index in [1.54, 1.807) is 11.8 Å². The maximum absolute atomic E-state index is 3.99. The summed E-state index contributed by atoms with van der Waals surface area (Å²) in [6.07, 6.45) is 0. The predicted molar refractivity (Wildman–Crippen MR) is 45.3 cm³/mol. The van der Waals surface area contributed by atoms with Gasteiger partial charge < -0.3 is 4.74 Å². The van der Waals surface area contributed by atoms with Crippen molar-refractivity contribution < 1.29 is 4.74 Å². The highest BCUT2D eigenvalue weighted by molar-refractivity contribution is 7.99. The molecule has 0 amide bonds. The van der Waals surface area contributed by atoms with E-state index < -0.39 is 0 Å². The molecule has 54 valence electrons.